The lowest BCUT2D eigenvalue weighted by atomic mass is 10.0. The largest absolute Gasteiger partial charge is 0.494 e. The van der Waals surface area contributed by atoms with E-state index in [1.54, 1.807) is 30.3 Å². The highest BCUT2D eigenvalue weighted by Gasteiger charge is 2.15. The fourth-order valence-corrected chi connectivity index (χ4v) is 2.02. The molecule has 2 nitrogen and oxygen atoms in total. The number of benzene rings is 2. The molecule has 0 unspecified atom stereocenters. The molecule has 0 atom stereocenters. The van der Waals surface area contributed by atoms with Gasteiger partial charge in [0.1, 0.15) is 0 Å². The third-order valence-electron chi connectivity index (χ3n) is 2.74. The van der Waals surface area contributed by atoms with Crippen LogP contribution in [-0.2, 0) is 6.42 Å². The highest BCUT2D eigenvalue weighted by Crippen LogP contribution is 2.21. The lowest BCUT2D eigenvalue weighted by molar-refractivity contribution is 0.0988. The molecule has 0 saturated carbocycles. The topological polar surface area (TPSA) is 26.3 Å². The SMILES string of the molecule is COc1cccc(C(=O)Cc2cccc(Cl)c2)c1F. The van der Waals surface area contributed by atoms with Crippen molar-refractivity contribution in [2.24, 2.45) is 0 Å². The molecule has 0 radical (unpaired) electrons. The van der Waals surface area contributed by atoms with Crippen LogP contribution in [0, 0.1) is 5.82 Å². The summed E-state index contributed by atoms with van der Waals surface area (Å²) in [6.45, 7) is 0. The van der Waals surface area contributed by atoms with Gasteiger partial charge in [-0.25, -0.2) is 4.39 Å². The first-order chi connectivity index (χ1) is 9.11. The molecule has 0 fully saturated rings. The van der Waals surface area contributed by atoms with Gasteiger partial charge in [-0.3, -0.25) is 4.79 Å². The van der Waals surface area contributed by atoms with Gasteiger partial charge < -0.3 is 4.74 Å². The molecule has 0 aliphatic rings. The van der Waals surface area contributed by atoms with Crippen molar-refractivity contribution in [2.45, 2.75) is 6.42 Å². The van der Waals surface area contributed by atoms with Gasteiger partial charge in [-0.2, -0.15) is 0 Å². The van der Waals surface area contributed by atoms with Crippen LogP contribution < -0.4 is 4.74 Å². The summed E-state index contributed by atoms with van der Waals surface area (Å²) in [4.78, 5) is 12.1. The Morgan fingerprint density at radius 2 is 2.00 bits per heavy atom. The van der Waals surface area contributed by atoms with Crippen LogP contribution in [0.3, 0.4) is 0 Å². The smallest absolute Gasteiger partial charge is 0.175 e. The molecule has 2 aromatic rings. The van der Waals surface area contributed by atoms with E-state index in [1.165, 1.54) is 19.2 Å². The van der Waals surface area contributed by atoms with Gasteiger partial charge >= 0.3 is 0 Å². The number of ether oxygens (including phenoxy) is 1. The maximum absolute atomic E-state index is 13.9. The van der Waals surface area contributed by atoms with Crippen molar-refractivity contribution >= 4 is 17.4 Å². The van der Waals surface area contributed by atoms with E-state index >= 15 is 0 Å². The molecule has 0 spiro atoms. The summed E-state index contributed by atoms with van der Waals surface area (Å²) >= 11 is 5.85. The van der Waals surface area contributed by atoms with E-state index in [1.807, 2.05) is 0 Å². The van der Waals surface area contributed by atoms with Gasteiger partial charge in [0.05, 0.1) is 12.7 Å². The normalized spacial score (nSPS) is 10.3. The molecule has 0 amide bonds. The molecule has 0 saturated heterocycles. The summed E-state index contributed by atoms with van der Waals surface area (Å²) in [6.07, 6.45) is 0.102. The van der Waals surface area contributed by atoms with E-state index in [0.29, 0.717) is 5.02 Å². The summed E-state index contributed by atoms with van der Waals surface area (Å²) in [7, 11) is 1.36. The minimum absolute atomic E-state index is 0.0272. The zero-order valence-electron chi connectivity index (χ0n) is 10.3. The highest BCUT2D eigenvalue weighted by molar-refractivity contribution is 6.30. The van der Waals surface area contributed by atoms with Crippen LogP contribution in [-0.4, -0.2) is 12.9 Å². The van der Waals surface area contributed by atoms with Crippen LogP contribution in [0.15, 0.2) is 42.5 Å². The van der Waals surface area contributed by atoms with Crippen molar-refractivity contribution in [1.29, 1.82) is 0 Å². The third-order valence-corrected chi connectivity index (χ3v) is 2.97. The molecule has 0 aromatic heterocycles. The maximum Gasteiger partial charge on any atom is 0.175 e. The number of rotatable bonds is 4. The average molecular weight is 279 g/mol. The monoisotopic (exact) mass is 278 g/mol. The van der Waals surface area contributed by atoms with Crippen molar-refractivity contribution in [3.8, 4) is 5.75 Å². The Balaban J connectivity index is 2.25. The molecule has 2 aromatic carbocycles. The zero-order valence-corrected chi connectivity index (χ0v) is 11.1. The van der Waals surface area contributed by atoms with Gasteiger partial charge in [-0.1, -0.05) is 29.8 Å². The predicted octanol–water partition coefficient (Wildman–Crippen LogP) is 3.91. The minimum Gasteiger partial charge on any atom is -0.494 e. The van der Waals surface area contributed by atoms with Crippen molar-refractivity contribution in [1.82, 2.24) is 0 Å². The van der Waals surface area contributed by atoms with Crippen LogP contribution in [0.25, 0.3) is 0 Å². The molecule has 98 valence electrons. The van der Waals surface area contributed by atoms with Crippen molar-refractivity contribution in [3.05, 3.63) is 64.4 Å². The van der Waals surface area contributed by atoms with Gasteiger partial charge in [0.15, 0.2) is 17.3 Å². The summed E-state index contributed by atoms with van der Waals surface area (Å²) in [6, 6.07) is 11.5. The van der Waals surface area contributed by atoms with Gasteiger partial charge in [0.25, 0.3) is 0 Å². The van der Waals surface area contributed by atoms with Crippen molar-refractivity contribution < 1.29 is 13.9 Å². The summed E-state index contributed by atoms with van der Waals surface area (Å²) < 4.78 is 18.8. The van der Waals surface area contributed by atoms with Gasteiger partial charge in [0.2, 0.25) is 0 Å². The van der Waals surface area contributed by atoms with E-state index < -0.39 is 5.82 Å². The third kappa shape index (κ3) is 3.12. The Morgan fingerprint density at radius 1 is 1.26 bits per heavy atom. The van der Waals surface area contributed by atoms with Crippen LogP contribution in [0.1, 0.15) is 15.9 Å². The van der Waals surface area contributed by atoms with E-state index in [-0.39, 0.29) is 23.5 Å². The van der Waals surface area contributed by atoms with Gasteiger partial charge in [-0.05, 0) is 29.8 Å². The van der Waals surface area contributed by atoms with E-state index in [4.69, 9.17) is 16.3 Å². The molecule has 19 heavy (non-hydrogen) atoms. The van der Waals surface area contributed by atoms with Crippen LogP contribution in [0.2, 0.25) is 5.02 Å². The number of methoxy groups -OCH3 is 1. The molecular weight excluding hydrogens is 267 g/mol. The number of ketones is 1. The van der Waals surface area contributed by atoms with E-state index in [9.17, 15) is 9.18 Å². The molecule has 4 heteroatoms. The van der Waals surface area contributed by atoms with Crippen LogP contribution in [0.5, 0.6) is 5.75 Å². The Morgan fingerprint density at radius 3 is 2.68 bits per heavy atom. The molecule has 0 heterocycles. The average Bonchev–Trinajstić information content (AvgIpc) is 2.39. The first-order valence-electron chi connectivity index (χ1n) is 5.72. The molecule has 2 rings (SSSR count). The molecule has 0 N–H and O–H groups in total. The van der Waals surface area contributed by atoms with E-state index in [0.717, 1.165) is 5.56 Å². The number of Topliss-reactive ketones (excluding diaryl/α,β-unsaturated/α-hetero) is 1. The number of halogens is 2. The fourth-order valence-electron chi connectivity index (χ4n) is 1.81. The number of carbonyl (C=O) groups excluding carboxylic acids is 1. The predicted molar refractivity (Wildman–Crippen MR) is 72.4 cm³/mol. The van der Waals surface area contributed by atoms with Crippen LogP contribution in [0.4, 0.5) is 4.39 Å². The maximum atomic E-state index is 13.9. The molecule has 0 bridgehead atoms. The molecule has 0 aliphatic heterocycles. The second kappa shape index (κ2) is 5.85. The number of hydrogen-bond donors (Lipinski definition) is 0. The number of carbonyl (C=O) groups is 1. The first-order valence-corrected chi connectivity index (χ1v) is 6.09. The second-order valence-electron chi connectivity index (χ2n) is 4.05. The Hall–Kier alpha value is -1.87. The van der Waals surface area contributed by atoms with Crippen LogP contribution >= 0.6 is 11.6 Å². The fraction of sp³-hybridized carbons (Fsp3) is 0.133. The van der Waals surface area contributed by atoms with Gasteiger partial charge in [-0.15, -0.1) is 0 Å². The lowest BCUT2D eigenvalue weighted by Gasteiger charge is -2.07. The standard InChI is InChI=1S/C15H12ClFO2/c1-19-14-7-3-6-12(15(14)17)13(18)9-10-4-2-5-11(16)8-10/h2-8H,9H2,1H3. The second-order valence-corrected chi connectivity index (χ2v) is 4.49. The zero-order chi connectivity index (χ0) is 13.8. The Kier molecular flexibility index (Phi) is 4.17. The van der Waals surface area contributed by atoms with Crippen molar-refractivity contribution in [2.75, 3.05) is 7.11 Å². The lowest BCUT2D eigenvalue weighted by Crippen LogP contribution is -2.07. The summed E-state index contributed by atoms with van der Waals surface area (Å²) in [5.41, 5.74) is 0.777. The van der Waals surface area contributed by atoms with Crippen molar-refractivity contribution in [3.63, 3.8) is 0 Å². The quantitative estimate of drug-likeness (QED) is 0.793. The number of hydrogen-bond acceptors (Lipinski definition) is 2. The summed E-state index contributed by atoms with van der Waals surface area (Å²) in [5, 5.41) is 0.552. The summed E-state index contributed by atoms with van der Waals surface area (Å²) in [5.74, 6) is -0.868. The molecular formula is C15H12ClFO2. The Labute approximate surface area is 115 Å². The first kappa shape index (κ1) is 13.6. The Bertz CT molecular complexity index is 611. The highest BCUT2D eigenvalue weighted by atomic mass is 35.5. The van der Waals surface area contributed by atoms with Gasteiger partial charge in [0, 0.05) is 11.4 Å². The van der Waals surface area contributed by atoms with E-state index in [2.05, 4.69) is 0 Å². The minimum atomic E-state index is -0.628. The molecule has 0 aliphatic carbocycles.